The Hall–Kier alpha value is -2.18. The van der Waals surface area contributed by atoms with Gasteiger partial charge in [-0.1, -0.05) is 36.4 Å². The third-order valence-electron chi connectivity index (χ3n) is 4.53. The molecule has 134 valence electrons. The largest absolute Gasteiger partial charge is 0.416 e. The van der Waals surface area contributed by atoms with Crippen molar-refractivity contribution in [2.45, 2.75) is 19.1 Å². The number of thiazole rings is 1. The number of hydrogen-bond donors (Lipinski definition) is 0. The summed E-state index contributed by atoms with van der Waals surface area (Å²) in [6, 6.07) is 14.1. The lowest BCUT2D eigenvalue weighted by molar-refractivity contribution is -0.137. The molecule has 2 aromatic carbocycles. The van der Waals surface area contributed by atoms with Crippen molar-refractivity contribution in [1.82, 2.24) is 9.88 Å². The minimum atomic E-state index is -4.33. The molecule has 0 N–H and O–H groups in total. The van der Waals surface area contributed by atoms with Crippen molar-refractivity contribution in [3.05, 3.63) is 70.7 Å². The van der Waals surface area contributed by atoms with Crippen LogP contribution >= 0.6 is 11.3 Å². The van der Waals surface area contributed by atoms with E-state index in [1.165, 1.54) is 23.0 Å². The van der Waals surface area contributed by atoms with E-state index in [2.05, 4.69) is 28.1 Å². The molecule has 0 spiro atoms. The standard InChI is InChI=1S/C20H17F3N2S/c21-20(22,23)16-6-7-18-17(12-16)24-19(26-18)15-8-10-25(11-9-15)13-14-4-2-1-3-5-14/h1-8,12H,9-11,13H2. The Balaban J connectivity index is 1.51. The number of fused-ring (bicyclic) bond motifs is 1. The lowest BCUT2D eigenvalue weighted by Crippen LogP contribution is -2.27. The minimum absolute atomic E-state index is 0.424. The second kappa shape index (κ2) is 6.85. The van der Waals surface area contributed by atoms with E-state index in [1.54, 1.807) is 0 Å². The Morgan fingerprint density at radius 1 is 1.08 bits per heavy atom. The number of hydrogen-bond acceptors (Lipinski definition) is 3. The lowest BCUT2D eigenvalue weighted by Gasteiger charge is -2.25. The number of alkyl halides is 3. The summed E-state index contributed by atoms with van der Waals surface area (Å²) >= 11 is 1.46. The van der Waals surface area contributed by atoms with Gasteiger partial charge in [-0.2, -0.15) is 13.2 Å². The van der Waals surface area contributed by atoms with Gasteiger partial charge < -0.3 is 0 Å². The molecule has 6 heteroatoms. The average molecular weight is 374 g/mol. The highest BCUT2D eigenvalue weighted by molar-refractivity contribution is 7.19. The third-order valence-corrected chi connectivity index (χ3v) is 5.64. The molecule has 2 heterocycles. The van der Waals surface area contributed by atoms with Crippen molar-refractivity contribution in [2.24, 2.45) is 0 Å². The van der Waals surface area contributed by atoms with E-state index in [-0.39, 0.29) is 0 Å². The molecule has 2 nitrogen and oxygen atoms in total. The fourth-order valence-electron chi connectivity index (χ4n) is 3.13. The van der Waals surface area contributed by atoms with E-state index in [9.17, 15) is 13.2 Å². The summed E-state index contributed by atoms with van der Waals surface area (Å²) in [4.78, 5) is 6.81. The van der Waals surface area contributed by atoms with E-state index in [0.29, 0.717) is 5.52 Å². The smallest absolute Gasteiger partial charge is 0.295 e. The van der Waals surface area contributed by atoms with E-state index in [1.807, 2.05) is 18.2 Å². The van der Waals surface area contributed by atoms with Crippen LogP contribution in [-0.4, -0.2) is 23.0 Å². The monoisotopic (exact) mass is 374 g/mol. The first-order chi connectivity index (χ1) is 12.5. The van der Waals surface area contributed by atoms with Crippen molar-refractivity contribution < 1.29 is 13.2 Å². The summed E-state index contributed by atoms with van der Waals surface area (Å²) in [5.41, 5.74) is 2.19. The van der Waals surface area contributed by atoms with Crippen LogP contribution in [0, 0.1) is 0 Å². The van der Waals surface area contributed by atoms with Gasteiger partial charge in [0.05, 0.1) is 15.8 Å². The van der Waals surface area contributed by atoms with Gasteiger partial charge in [-0.25, -0.2) is 4.98 Å². The fourth-order valence-corrected chi connectivity index (χ4v) is 4.15. The van der Waals surface area contributed by atoms with E-state index in [0.717, 1.165) is 53.5 Å². The van der Waals surface area contributed by atoms with Crippen molar-refractivity contribution >= 4 is 27.1 Å². The Bertz CT molecular complexity index is 945. The Morgan fingerprint density at radius 2 is 1.88 bits per heavy atom. The van der Waals surface area contributed by atoms with Crippen LogP contribution in [0.15, 0.2) is 54.6 Å². The molecule has 1 aliphatic rings. The van der Waals surface area contributed by atoms with Gasteiger partial charge >= 0.3 is 6.18 Å². The highest BCUT2D eigenvalue weighted by Gasteiger charge is 2.31. The maximum absolute atomic E-state index is 12.9. The quantitative estimate of drug-likeness (QED) is 0.593. The molecule has 0 bridgehead atoms. The summed E-state index contributed by atoms with van der Waals surface area (Å²) in [6.07, 6.45) is -1.33. The zero-order valence-corrected chi connectivity index (χ0v) is 14.8. The summed E-state index contributed by atoms with van der Waals surface area (Å²) in [5, 5.41) is 0.832. The predicted octanol–water partition coefficient (Wildman–Crippen LogP) is 5.60. The number of halogens is 3. The molecule has 1 aliphatic heterocycles. The fraction of sp³-hybridized carbons (Fsp3) is 0.250. The van der Waals surface area contributed by atoms with Crippen LogP contribution in [0.5, 0.6) is 0 Å². The van der Waals surface area contributed by atoms with Gasteiger partial charge in [0.15, 0.2) is 0 Å². The zero-order valence-electron chi connectivity index (χ0n) is 14.0. The van der Waals surface area contributed by atoms with Gasteiger partial charge in [-0.3, -0.25) is 4.90 Å². The molecule has 0 aliphatic carbocycles. The molecular formula is C20H17F3N2S. The van der Waals surface area contributed by atoms with Crippen molar-refractivity contribution in [1.29, 1.82) is 0 Å². The molecule has 0 saturated heterocycles. The molecule has 4 rings (SSSR count). The Labute approximate surface area is 153 Å². The van der Waals surface area contributed by atoms with Crippen LogP contribution in [0.2, 0.25) is 0 Å². The highest BCUT2D eigenvalue weighted by atomic mass is 32.1. The number of rotatable bonds is 3. The SMILES string of the molecule is FC(F)(F)c1ccc2sc(C3=CCN(Cc4ccccc4)CC3)nc2c1. The zero-order chi connectivity index (χ0) is 18.1. The second-order valence-corrected chi connectivity index (χ2v) is 7.43. The molecule has 0 amide bonds. The van der Waals surface area contributed by atoms with Gasteiger partial charge in [-0.15, -0.1) is 11.3 Å². The molecule has 0 unspecified atom stereocenters. The van der Waals surface area contributed by atoms with E-state index >= 15 is 0 Å². The maximum Gasteiger partial charge on any atom is 0.416 e. The molecule has 0 fully saturated rings. The Kier molecular flexibility index (Phi) is 4.54. The van der Waals surface area contributed by atoms with Crippen LogP contribution in [0.4, 0.5) is 13.2 Å². The first-order valence-electron chi connectivity index (χ1n) is 8.42. The van der Waals surface area contributed by atoms with Gasteiger partial charge in [0.1, 0.15) is 5.01 Å². The molecule has 26 heavy (non-hydrogen) atoms. The number of benzene rings is 2. The van der Waals surface area contributed by atoms with Crippen LogP contribution in [0.3, 0.4) is 0 Å². The first-order valence-corrected chi connectivity index (χ1v) is 9.24. The summed E-state index contributed by atoms with van der Waals surface area (Å²) in [6.45, 7) is 2.65. The molecular weight excluding hydrogens is 357 g/mol. The van der Waals surface area contributed by atoms with Gasteiger partial charge in [-0.05, 0) is 35.8 Å². The highest BCUT2D eigenvalue weighted by Crippen LogP contribution is 2.35. The van der Waals surface area contributed by atoms with Crippen LogP contribution < -0.4 is 0 Å². The number of nitrogens with zero attached hydrogens (tertiary/aromatic N) is 2. The summed E-state index contributed by atoms with van der Waals surface area (Å²) < 4.78 is 39.4. The first kappa shape index (κ1) is 17.2. The summed E-state index contributed by atoms with van der Waals surface area (Å²) in [5.74, 6) is 0. The molecule has 0 radical (unpaired) electrons. The Morgan fingerprint density at radius 3 is 2.58 bits per heavy atom. The maximum atomic E-state index is 12.9. The topological polar surface area (TPSA) is 16.1 Å². The molecule has 0 saturated carbocycles. The van der Waals surface area contributed by atoms with Crippen LogP contribution in [0.25, 0.3) is 15.8 Å². The lowest BCUT2D eigenvalue weighted by atomic mass is 10.1. The molecule has 0 atom stereocenters. The molecule has 1 aromatic heterocycles. The van der Waals surface area contributed by atoms with Crippen LogP contribution in [0.1, 0.15) is 22.6 Å². The van der Waals surface area contributed by atoms with Crippen LogP contribution in [-0.2, 0) is 12.7 Å². The van der Waals surface area contributed by atoms with Gasteiger partial charge in [0.25, 0.3) is 0 Å². The van der Waals surface area contributed by atoms with Crippen molar-refractivity contribution in [3.8, 4) is 0 Å². The van der Waals surface area contributed by atoms with Crippen molar-refractivity contribution in [3.63, 3.8) is 0 Å². The van der Waals surface area contributed by atoms with E-state index < -0.39 is 11.7 Å². The predicted molar refractivity (Wildman–Crippen MR) is 98.9 cm³/mol. The van der Waals surface area contributed by atoms with Gasteiger partial charge in [0.2, 0.25) is 0 Å². The van der Waals surface area contributed by atoms with Gasteiger partial charge in [0, 0.05) is 19.6 Å². The van der Waals surface area contributed by atoms with Crippen molar-refractivity contribution in [2.75, 3.05) is 13.1 Å². The normalized spacial score (nSPS) is 16.0. The number of aromatic nitrogens is 1. The third kappa shape index (κ3) is 3.66. The summed E-state index contributed by atoms with van der Waals surface area (Å²) in [7, 11) is 0. The van der Waals surface area contributed by atoms with E-state index in [4.69, 9.17) is 0 Å². The molecule has 3 aromatic rings. The average Bonchev–Trinajstić information content (AvgIpc) is 3.06. The minimum Gasteiger partial charge on any atom is -0.295 e. The second-order valence-electron chi connectivity index (χ2n) is 6.40.